The highest BCUT2D eigenvalue weighted by Crippen LogP contribution is 2.28. The highest BCUT2D eigenvalue weighted by Gasteiger charge is 2.10. The van der Waals surface area contributed by atoms with Crippen molar-refractivity contribution in [1.82, 2.24) is 9.97 Å². The predicted molar refractivity (Wildman–Crippen MR) is 68.5 cm³/mol. The molecule has 0 aliphatic carbocycles. The van der Waals surface area contributed by atoms with Crippen molar-refractivity contribution in [3.05, 3.63) is 34.4 Å². The van der Waals surface area contributed by atoms with Gasteiger partial charge in [0.25, 0.3) is 0 Å². The quantitative estimate of drug-likeness (QED) is 0.648. The first kappa shape index (κ1) is 10.3. The van der Waals surface area contributed by atoms with E-state index in [-0.39, 0.29) is 11.5 Å². The minimum Gasteiger partial charge on any atom is -0.396 e. The molecule has 3 rings (SSSR count). The summed E-state index contributed by atoms with van der Waals surface area (Å²) in [5.74, 6) is -0.378. The first-order chi connectivity index (χ1) is 8.15. The topological polar surface area (TPSA) is 54.7 Å². The summed E-state index contributed by atoms with van der Waals surface area (Å²) in [6.07, 6.45) is 0. The van der Waals surface area contributed by atoms with E-state index in [9.17, 15) is 4.39 Å². The summed E-state index contributed by atoms with van der Waals surface area (Å²) in [5.41, 5.74) is 8.08. The molecular formula is C12H10FN3S. The van der Waals surface area contributed by atoms with Gasteiger partial charge in [-0.3, -0.25) is 0 Å². The molecule has 0 bridgehead atoms. The fourth-order valence-electron chi connectivity index (χ4n) is 1.81. The van der Waals surface area contributed by atoms with Crippen LogP contribution < -0.4 is 5.73 Å². The molecule has 0 atom stereocenters. The number of halogens is 1. The normalized spacial score (nSPS) is 11.2. The average molecular weight is 247 g/mol. The van der Waals surface area contributed by atoms with Gasteiger partial charge in [-0.05, 0) is 25.1 Å². The molecule has 1 aromatic carbocycles. The molecule has 2 aromatic heterocycles. The van der Waals surface area contributed by atoms with E-state index in [1.807, 2.05) is 12.3 Å². The van der Waals surface area contributed by atoms with E-state index >= 15 is 0 Å². The molecule has 3 nitrogen and oxygen atoms in total. The van der Waals surface area contributed by atoms with Crippen molar-refractivity contribution in [2.45, 2.75) is 6.92 Å². The molecule has 17 heavy (non-hydrogen) atoms. The van der Waals surface area contributed by atoms with Crippen molar-refractivity contribution < 1.29 is 4.39 Å². The zero-order valence-electron chi connectivity index (χ0n) is 9.12. The van der Waals surface area contributed by atoms with Gasteiger partial charge in [0, 0.05) is 16.3 Å². The lowest BCUT2D eigenvalue weighted by molar-refractivity contribution is 0.644. The summed E-state index contributed by atoms with van der Waals surface area (Å²) in [7, 11) is 0. The molecule has 5 heteroatoms. The summed E-state index contributed by atoms with van der Waals surface area (Å²) in [6.45, 7) is 1.94. The van der Waals surface area contributed by atoms with Crippen LogP contribution in [0.3, 0.4) is 0 Å². The third-order valence-electron chi connectivity index (χ3n) is 2.66. The number of aromatic nitrogens is 2. The number of aromatic amines is 1. The lowest BCUT2D eigenvalue weighted by Gasteiger charge is -1.95. The second-order valence-corrected chi connectivity index (χ2v) is 4.93. The van der Waals surface area contributed by atoms with Gasteiger partial charge >= 0.3 is 0 Å². The second-order valence-electron chi connectivity index (χ2n) is 3.86. The number of anilines is 1. The molecule has 0 amide bonds. The van der Waals surface area contributed by atoms with E-state index in [2.05, 4.69) is 9.97 Å². The second kappa shape index (κ2) is 3.56. The smallest absolute Gasteiger partial charge is 0.155 e. The number of benzene rings is 1. The van der Waals surface area contributed by atoms with E-state index < -0.39 is 0 Å². The Kier molecular flexibility index (Phi) is 2.16. The van der Waals surface area contributed by atoms with Gasteiger partial charge in [-0.2, -0.15) is 0 Å². The number of hydrogen-bond donors (Lipinski definition) is 2. The highest BCUT2D eigenvalue weighted by molar-refractivity contribution is 7.09. The van der Waals surface area contributed by atoms with Crippen molar-refractivity contribution in [3.8, 4) is 11.4 Å². The Labute approximate surface area is 101 Å². The fourth-order valence-corrected chi connectivity index (χ4v) is 2.42. The molecule has 86 valence electrons. The van der Waals surface area contributed by atoms with Crippen LogP contribution >= 0.6 is 11.3 Å². The number of H-pyrrole nitrogens is 1. The van der Waals surface area contributed by atoms with Crippen LogP contribution in [0.5, 0.6) is 0 Å². The molecule has 0 saturated heterocycles. The molecule has 0 spiro atoms. The van der Waals surface area contributed by atoms with Crippen LogP contribution in [-0.2, 0) is 0 Å². The molecule has 0 radical (unpaired) electrons. The van der Waals surface area contributed by atoms with E-state index in [1.165, 1.54) is 0 Å². The molecule has 0 aliphatic heterocycles. The van der Waals surface area contributed by atoms with Gasteiger partial charge < -0.3 is 10.7 Å². The predicted octanol–water partition coefficient (Wildman–Crippen LogP) is 3.32. The SMILES string of the molecule is Cc1nc(-c2cc3c(F)c(N)ccc3[nH]2)cs1. The number of thiazole rings is 1. The van der Waals surface area contributed by atoms with Crippen LogP contribution in [0.4, 0.5) is 10.1 Å². The summed E-state index contributed by atoms with van der Waals surface area (Å²) in [4.78, 5) is 7.50. The Morgan fingerprint density at radius 2 is 2.24 bits per heavy atom. The van der Waals surface area contributed by atoms with Crippen LogP contribution in [-0.4, -0.2) is 9.97 Å². The third-order valence-corrected chi connectivity index (χ3v) is 3.44. The maximum atomic E-state index is 13.8. The van der Waals surface area contributed by atoms with Gasteiger partial charge in [0.2, 0.25) is 0 Å². The van der Waals surface area contributed by atoms with Crippen LogP contribution in [0.15, 0.2) is 23.6 Å². The molecule has 3 N–H and O–H groups in total. The number of nitrogen functional groups attached to an aromatic ring is 1. The maximum Gasteiger partial charge on any atom is 0.155 e. The first-order valence-electron chi connectivity index (χ1n) is 5.14. The Hall–Kier alpha value is -1.88. The molecular weight excluding hydrogens is 237 g/mol. The van der Waals surface area contributed by atoms with Crippen LogP contribution in [0, 0.1) is 12.7 Å². The average Bonchev–Trinajstić information content (AvgIpc) is 2.90. The Morgan fingerprint density at radius 1 is 1.41 bits per heavy atom. The van der Waals surface area contributed by atoms with E-state index in [0.717, 1.165) is 21.9 Å². The van der Waals surface area contributed by atoms with Gasteiger partial charge in [0.1, 0.15) is 0 Å². The van der Waals surface area contributed by atoms with Gasteiger partial charge in [0.05, 0.1) is 22.1 Å². The zero-order chi connectivity index (χ0) is 12.0. The Morgan fingerprint density at radius 3 is 2.94 bits per heavy atom. The molecule has 0 unspecified atom stereocenters. The third kappa shape index (κ3) is 1.59. The van der Waals surface area contributed by atoms with Crippen molar-refractivity contribution in [2.75, 3.05) is 5.73 Å². The molecule has 0 aliphatic rings. The van der Waals surface area contributed by atoms with Gasteiger partial charge in [-0.15, -0.1) is 11.3 Å². The maximum absolute atomic E-state index is 13.8. The number of nitrogens with one attached hydrogen (secondary N) is 1. The van der Waals surface area contributed by atoms with Gasteiger partial charge in [-0.25, -0.2) is 9.37 Å². The van der Waals surface area contributed by atoms with Crippen molar-refractivity contribution in [1.29, 1.82) is 0 Å². The van der Waals surface area contributed by atoms with Crippen molar-refractivity contribution in [2.24, 2.45) is 0 Å². The van der Waals surface area contributed by atoms with Crippen LogP contribution in [0.1, 0.15) is 5.01 Å². The minimum absolute atomic E-state index is 0.164. The van der Waals surface area contributed by atoms with E-state index in [1.54, 1.807) is 29.5 Å². The van der Waals surface area contributed by atoms with Crippen LogP contribution in [0.25, 0.3) is 22.3 Å². The highest BCUT2D eigenvalue weighted by atomic mass is 32.1. The van der Waals surface area contributed by atoms with E-state index in [4.69, 9.17) is 5.73 Å². The minimum atomic E-state index is -0.378. The molecule has 2 heterocycles. The summed E-state index contributed by atoms with van der Waals surface area (Å²) in [5, 5.41) is 3.44. The van der Waals surface area contributed by atoms with Gasteiger partial charge in [0.15, 0.2) is 5.82 Å². The van der Waals surface area contributed by atoms with Crippen LogP contribution in [0.2, 0.25) is 0 Å². The lowest BCUT2D eigenvalue weighted by Crippen LogP contribution is -1.89. The lowest BCUT2D eigenvalue weighted by atomic mass is 10.2. The fraction of sp³-hybridized carbons (Fsp3) is 0.0833. The number of rotatable bonds is 1. The molecule has 0 fully saturated rings. The number of nitrogens with zero attached hydrogens (tertiary/aromatic N) is 1. The number of hydrogen-bond acceptors (Lipinski definition) is 3. The molecule has 0 saturated carbocycles. The van der Waals surface area contributed by atoms with Crippen molar-refractivity contribution in [3.63, 3.8) is 0 Å². The Bertz CT molecular complexity index is 699. The standard InChI is InChI=1S/C12H10FN3S/c1-6-15-11(5-17-6)10-4-7-9(16-10)3-2-8(14)12(7)13/h2-5,16H,14H2,1H3. The number of fused-ring (bicyclic) bond motifs is 1. The van der Waals surface area contributed by atoms with Crippen molar-refractivity contribution >= 4 is 27.9 Å². The molecule has 3 aromatic rings. The summed E-state index contributed by atoms with van der Waals surface area (Å²) in [6, 6.07) is 5.08. The summed E-state index contributed by atoms with van der Waals surface area (Å²) < 4.78 is 13.8. The summed E-state index contributed by atoms with van der Waals surface area (Å²) >= 11 is 1.57. The monoisotopic (exact) mass is 247 g/mol. The number of nitrogens with two attached hydrogens (primary N) is 1. The number of aryl methyl sites for hydroxylation is 1. The van der Waals surface area contributed by atoms with E-state index in [0.29, 0.717) is 5.39 Å². The zero-order valence-corrected chi connectivity index (χ0v) is 9.94. The largest absolute Gasteiger partial charge is 0.396 e. The Balaban J connectivity index is 2.23. The first-order valence-corrected chi connectivity index (χ1v) is 6.02. The van der Waals surface area contributed by atoms with Gasteiger partial charge in [-0.1, -0.05) is 0 Å².